The highest BCUT2D eigenvalue weighted by atomic mass is 79.9. The van der Waals surface area contributed by atoms with E-state index in [9.17, 15) is 9.59 Å². The number of aliphatic carboxylic acids is 2. The number of benzene rings is 1. The molecular weight excluding hydrogens is 388 g/mol. The van der Waals surface area contributed by atoms with Crippen LogP contribution in [0.4, 0.5) is 0 Å². The molecule has 7 heteroatoms. The van der Waals surface area contributed by atoms with Gasteiger partial charge in [-0.2, -0.15) is 0 Å². The molecule has 0 bridgehead atoms. The molecule has 6 nitrogen and oxygen atoms in total. The minimum Gasteiger partial charge on any atom is -0.478 e. The summed E-state index contributed by atoms with van der Waals surface area (Å²) in [5.74, 6) is -2.51. The number of fused-ring (bicyclic) bond motifs is 3. The summed E-state index contributed by atoms with van der Waals surface area (Å²) < 4.78 is 3.62. The predicted molar refractivity (Wildman–Crippen MR) is 99.7 cm³/mol. The number of hydrogen-bond acceptors (Lipinski definition) is 3. The number of carboxylic acids is 2. The van der Waals surface area contributed by atoms with Crippen LogP contribution in [-0.4, -0.2) is 32.8 Å². The summed E-state index contributed by atoms with van der Waals surface area (Å²) in [6.07, 6.45) is 4.57. The second-order valence-corrected chi connectivity index (χ2v) is 6.95. The van der Waals surface area contributed by atoms with E-state index < -0.39 is 11.9 Å². The van der Waals surface area contributed by atoms with Crippen molar-refractivity contribution in [3.8, 4) is 0 Å². The maximum absolute atomic E-state index is 9.55. The van der Waals surface area contributed by atoms with Crippen LogP contribution in [-0.2, 0) is 29.0 Å². The van der Waals surface area contributed by atoms with E-state index >= 15 is 0 Å². The number of nitrogens with zero attached hydrogens (tertiary/aromatic N) is 1. The van der Waals surface area contributed by atoms with E-state index in [2.05, 4.69) is 45.6 Å². The van der Waals surface area contributed by atoms with E-state index in [-0.39, 0.29) is 6.04 Å². The third-order valence-corrected chi connectivity index (χ3v) is 4.43. The number of carbonyl (C=O) groups is 2. The molecule has 3 rings (SSSR count). The van der Waals surface area contributed by atoms with Crippen LogP contribution in [0.2, 0.25) is 0 Å². The van der Waals surface area contributed by atoms with E-state index in [1.165, 1.54) is 35.0 Å². The first-order valence-corrected chi connectivity index (χ1v) is 8.78. The smallest absolute Gasteiger partial charge is 0.328 e. The van der Waals surface area contributed by atoms with Crippen LogP contribution < -0.4 is 5.73 Å². The van der Waals surface area contributed by atoms with Crippen LogP contribution in [0, 0.1) is 0 Å². The zero-order valence-electron chi connectivity index (χ0n) is 13.9. The molecule has 0 fully saturated rings. The lowest BCUT2D eigenvalue weighted by Gasteiger charge is -2.06. The Morgan fingerprint density at radius 2 is 1.96 bits per heavy atom. The third kappa shape index (κ3) is 4.93. The van der Waals surface area contributed by atoms with Crippen LogP contribution >= 0.6 is 15.9 Å². The molecule has 134 valence electrons. The van der Waals surface area contributed by atoms with Gasteiger partial charge in [0.05, 0.1) is 0 Å². The Balaban J connectivity index is 0.000000242. The Labute approximate surface area is 154 Å². The van der Waals surface area contributed by atoms with Crippen molar-refractivity contribution in [3.63, 3.8) is 0 Å². The zero-order valence-corrected chi connectivity index (χ0v) is 15.5. The molecule has 0 aliphatic carbocycles. The Morgan fingerprint density at radius 3 is 2.52 bits per heavy atom. The van der Waals surface area contributed by atoms with Crippen molar-refractivity contribution in [2.75, 3.05) is 0 Å². The molecular formula is C18H21BrN2O4. The number of aromatic nitrogens is 1. The van der Waals surface area contributed by atoms with Crippen LogP contribution in [0.5, 0.6) is 0 Å². The van der Waals surface area contributed by atoms with Gasteiger partial charge >= 0.3 is 11.9 Å². The fraction of sp³-hybridized carbons (Fsp3) is 0.333. The quantitative estimate of drug-likeness (QED) is 0.674. The second kappa shape index (κ2) is 8.31. The number of rotatable bonds is 4. The summed E-state index contributed by atoms with van der Waals surface area (Å²) in [4.78, 5) is 19.1. The first-order chi connectivity index (χ1) is 11.8. The first kappa shape index (κ1) is 19.2. The molecule has 0 spiro atoms. The Bertz CT molecular complexity index is 808. The van der Waals surface area contributed by atoms with E-state index in [0.29, 0.717) is 12.2 Å². The number of hydrogen-bond donors (Lipinski definition) is 3. The van der Waals surface area contributed by atoms with Crippen molar-refractivity contribution < 1.29 is 19.8 Å². The van der Waals surface area contributed by atoms with Gasteiger partial charge in [0.15, 0.2) is 0 Å². The average molecular weight is 409 g/mol. The lowest BCUT2D eigenvalue weighted by Crippen LogP contribution is -2.18. The summed E-state index contributed by atoms with van der Waals surface area (Å²) in [5.41, 5.74) is 10.3. The van der Waals surface area contributed by atoms with Gasteiger partial charge in [-0.25, -0.2) is 9.59 Å². The maximum Gasteiger partial charge on any atom is 0.328 e. The SMILES string of the molecule is CC(N)Cc1c2n(c3ccc(Br)cc13)CCC2.O=C(O)/C=C/C(=O)O. The fourth-order valence-electron chi connectivity index (χ4n) is 3.09. The summed E-state index contributed by atoms with van der Waals surface area (Å²) in [6, 6.07) is 6.81. The molecule has 1 unspecified atom stereocenters. The molecule has 4 N–H and O–H groups in total. The van der Waals surface area contributed by atoms with Crippen molar-refractivity contribution in [1.29, 1.82) is 0 Å². The molecule has 0 saturated carbocycles. The van der Waals surface area contributed by atoms with Gasteiger partial charge < -0.3 is 20.5 Å². The van der Waals surface area contributed by atoms with Crippen molar-refractivity contribution in [1.82, 2.24) is 4.57 Å². The van der Waals surface area contributed by atoms with Gasteiger partial charge in [-0.3, -0.25) is 0 Å². The van der Waals surface area contributed by atoms with Crippen molar-refractivity contribution in [2.45, 2.75) is 38.8 Å². The second-order valence-electron chi connectivity index (χ2n) is 6.03. The molecule has 1 aliphatic rings. The minimum absolute atomic E-state index is 0.227. The number of halogens is 1. The summed E-state index contributed by atoms with van der Waals surface area (Å²) in [7, 11) is 0. The van der Waals surface area contributed by atoms with Crippen LogP contribution in [0.3, 0.4) is 0 Å². The van der Waals surface area contributed by atoms with Crippen LogP contribution in [0.1, 0.15) is 24.6 Å². The molecule has 1 atom stereocenters. The first-order valence-electron chi connectivity index (χ1n) is 7.98. The van der Waals surface area contributed by atoms with Crippen LogP contribution in [0.15, 0.2) is 34.8 Å². The van der Waals surface area contributed by atoms with Crippen molar-refractivity contribution >= 4 is 38.8 Å². The normalized spacial score (nSPS) is 14.2. The Kier molecular flexibility index (Phi) is 6.39. The molecule has 1 aliphatic heterocycles. The maximum atomic E-state index is 9.55. The standard InChI is InChI=1S/C14H17BrN2.C4H4O4/c1-9(16)7-11-12-8-10(15)4-5-14(12)17-6-2-3-13(11)17;5-3(6)1-2-4(7)8/h4-5,8-9H,2-3,6-7,16H2,1H3;1-2H,(H,5,6)(H,7,8)/b;2-1+. The van der Waals surface area contributed by atoms with Gasteiger partial charge in [0, 0.05) is 45.8 Å². The Morgan fingerprint density at radius 1 is 1.32 bits per heavy atom. The minimum atomic E-state index is -1.26. The van der Waals surface area contributed by atoms with Gasteiger partial charge in [-0.05, 0) is 49.9 Å². The van der Waals surface area contributed by atoms with Gasteiger partial charge in [0.25, 0.3) is 0 Å². The molecule has 0 saturated heterocycles. The highest BCUT2D eigenvalue weighted by Gasteiger charge is 2.21. The predicted octanol–water partition coefficient (Wildman–Crippen LogP) is 2.95. The number of carboxylic acid groups (broad SMARTS) is 2. The van der Waals surface area contributed by atoms with Gasteiger partial charge in [-0.1, -0.05) is 15.9 Å². The largest absolute Gasteiger partial charge is 0.478 e. The number of aryl methyl sites for hydroxylation is 1. The lowest BCUT2D eigenvalue weighted by molar-refractivity contribution is -0.134. The molecule has 2 aromatic rings. The molecule has 2 heterocycles. The molecule has 25 heavy (non-hydrogen) atoms. The van der Waals surface area contributed by atoms with E-state index in [1.807, 2.05) is 0 Å². The molecule has 1 aromatic carbocycles. The average Bonchev–Trinajstić information content (AvgIpc) is 3.08. The highest BCUT2D eigenvalue weighted by Crippen LogP contribution is 2.33. The summed E-state index contributed by atoms with van der Waals surface area (Å²) in [5, 5.41) is 17.0. The Hall–Kier alpha value is -2.12. The molecule has 1 aromatic heterocycles. The highest BCUT2D eigenvalue weighted by molar-refractivity contribution is 9.10. The fourth-order valence-corrected chi connectivity index (χ4v) is 3.45. The van der Waals surface area contributed by atoms with Gasteiger partial charge in [-0.15, -0.1) is 0 Å². The van der Waals surface area contributed by atoms with Crippen molar-refractivity contribution in [3.05, 3.63) is 46.1 Å². The van der Waals surface area contributed by atoms with Gasteiger partial charge in [0.1, 0.15) is 0 Å². The van der Waals surface area contributed by atoms with Gasteiger partial charge in [0.2, 0.25) is 0 Å². The molecule has 0 radical (unpaired) electrons. The summed E-state index contributed by atoms with van der Waals surface area (Å²) in [6.45, 7) is 3.25. The van der Waals surface area contributed by atoms with Crippen molar-refractivity contribution in [2.24, 2.45) is 5.73 Å². The zero-order chi connectivity index (χ0) is 18.6. The van der Waals surface area contributed by atoms with E-state index in [1.54, 1.807) is 0 Å². The summed E-state index contributed by atoms with van der Waals surface area (Å²) >= 11 is 3.57. The molecule has 0 amide bonds. The topological polar surface area (TPSA) is 106 Å². The third-order valence-electron chi connectivity index (χ3n) is 3.94. The monoisotopic (exact) mass is 408 g/mol. The van der Waals surface area contributed by atoms with E-state index in [4.69, 9.17) is 15.9 Å². The van der Waals surface area contributed by atoms with Crippen LogP contribution in [0.25, 0.3) is 10.9 Å². The van der Waals surface area contributed by atoms with E-state index in [0.717, 1.165) is 17.4 Å². The number of nitrogens with two attached hydrogens (primary N) is 1. The lowest BCUT2D eigenvalue weighted by atomic mass is 10.0.